The van der Waals surface area contributed by atoms with E-state index in [4.69, 9.17) is 4.74 Å². The van der Waals surface area contributed by atoms with E-state index >= 15 is 0 Å². The van der Waals surface area contributed by atoms with Crippen LogP contribution in [0.1, 0.15) is 36.6 Å². The number of amides is 1. The molecule has 1 fully saturated rings. The Labute approximate surface area is 211 Å². The van der Waals surface area contributed by atoms with Crippen molar-refractivity contribution in [3.05, 3.63) is 94.8 Å². The Morgan fingerprint density at radius 3 is 2.44 bits per heavy atom. The number of aliphatic hydroxyl groups is 1. The lowest BCUT2D eigenvalue weighted by molar-refractivity contribution is -0.132. The van der Waals surface area contributed by atoms with Gasteiger partial charge >= 0.3 is 5.91 Å². The monoisotopic (exact) mass is 502 g/mol. The molecule has 3 aromatic carbocycles. The Balaban J connectivity index is 1.69. The molecule has 4 aromatic rings. The summed E-state index contributed by atoms with van der Waals surface area (Å²) in [6, 6.07) is 17.1. The van der Waals surface area contributed by atoms with Crippen molar-refractivity contribution in [3.8, 4) is 5.75 Å². The molecular formula is C28H23FN2O4S. The van der Waals surface area contributed by atoms with Crippen LogP contribution < -0.4 is 9.64 Å². The molecule has 1 aliphatic rings. The van der Waals surface area contributed by atoms with Gasteiger partial charge in [-0.2, -0.15) is 0 Å². The van der Waals surface area contributed by atoms with Crippen LogP contribution in [0, 0.1) is 5.82 Å². The van der Waals surface area contributed by atoms with Crippen LogP contribution in [0.25, 0.3) is 16.0 Å². The van der Waals surface area contributed by atoms with E-state index in [9.17, 15) is 19.1 Å². The van der Waals surface area contributed by atoms with Gasteiger partial charge in [-0.15, -0.1) is 0 Å². The van der Waals surface area contributed by atoms with Gasteiger partial charge in [-0.25, -0.2) is 9.37 Å². The van der Waals surface area contributed by atoms with Gasteiger partial charge < -0.3 is 9.84 Å². The molecule has 1 aliphatic heterocycles. The number of nitrogens with zero attached hydrogens (tertiary/aromatic N) is 2. The minimum atomic E-state index is -0.920. The van der Waals surface area contributed by atoms with Gasteiger partial charge in [-0.1, -0.05) is 36.5 Å². The van der Waals surface area contributed by atoms with Gasteiger partial charge in [0, 0.05) is 5.56 Å². The lowest BCUT2D eigenvalue weighted by atomic mass is 9.95. The van der Waals surface area contributed by atoms with E-state index in [1.807, 2.05) is 25.1 Å². The first-order chi connectivity index (χ1) is 17.4. The standard InChI is InChI=1S/C28H23FN2O4S/c1-3-16-5-14-21-22(15-16)36-28(30-21)31-24(17-8-12-20(13-9-17)35-4-2)23(26(33)27(31)34)25(32)18-6-10-19(29)11-7-18/h5-15,24,32H,3-4H2,1-2H3/b25-23+/t24-/m1/s1. The molecule has 5 rings (SSSR count). The number of anilines is 1. The van der Waals surface area contributed by atoms with Gasteiger partial charge in [0.05, 0.1) is 28.4 Å². The third kappa shape index (κ3) is 4.13. The van der Waals surface area contributed by atoms with Crippen LogP contribution in [0.15, 0.2) is 72.3 Å². The van der Waals surface area contributed by atoms with Crippen LogP contribution in [-0.4, -0.2) is 28.4 Å². The molecule has 1 saturated heterocycles. The Bertz CT molecular complexity index is 1490. The van der Waals surface area contributed by atoms with Gasteiger partial charge in [0.15, 0.2) is 5.13 Å². The SMILES string of the molecule is CCOc1ccc([C@@H]2/C(=C(\O)c3ccc(F)cc3)C(=O)C(=O)N2c2nc3ccc(CC)cc3s2)cc1. The first kappa shape index (κ1) is 23.7. The number of benzene rings is 3. The molecular weight excluding hydrogens is 479 g/mol. The van der Waals surface area contributed by atoms with Gasteiger partial charge in [-0.3, -0.25) is 14.5 Å². The zero-order valence-electron chi connectivity index (χ0n) is 19.7. The zero-order chi connectivity index (χ0) is 25.4. The van der Waals surface area contributed by atoms with E-state index in [2.05, 4.69) is 11.9 Å². The molecule has 1 atom stereocenters. The van der Waals surface area contributed by atoms with E-state index < -0.39 is 23.5 Å². The first-order valence-electron chi connectivity index (χ1n) is 11.6. The topological polar surface area (TPSA) is 79.7 Å². The maximum Gasteiger partial charge on any atom is 0.301 e. The highest BCUT2D eigenvalue weighted by atomic mass is 32.1. The number of rotatable bonds is 6. The molecule has 6 nitrogen and oxygen atoms in total. The average Bonchev–Trinajstić information content (AvgIpc) is 3.42. The highest BCUT2D eigenvalue weighted by Gasteiger charge is 2.48. The molecule has 0 bridgehead atoms. The largest absolute Gasteiger partial charge is 0.507 e. The molecule has 1 N–H and O–H groups in total. The summed E-state index contributed by atoms with van der Waals surface area (Å²) >= 11 is 1.31. The number of hydrogen-bond donors (Lipinski definition) is 1. The summed E-state index contributed by atoms with van der Waals surface area (Å²) < 4.78 is 19.9. The summed E-state index contributed by atoms with van der Waals surface area (Å²) in [5.74, 6) is -1.82. The molecule has 0 aliphatic carbocycles. The number of carbonyl (C=O) groups is 2. The summed E-state index contributed by atoms with van der Waals surface area (Å²) in [5, 5.41) is 11.5. The molecule has 0 unspecified atom stereocenters. The predicted molar refractivity (Wildman–Crippen MR) is 138 cm³/mol. The molecule has 36 heavy (non-hydrogen) atoms. The van der Waals surface area contributed by atoms with Gasteiger partial charge in [-0.05, 0) is 73.0 Å². The highest BCUT2D eigenvalue weighted by molar-refractivity contribution is 7.22. The van der Waals surface area contributed by atoms with Crippen molar-refractivity contribution in [1.82, 2.24) is 4.98 Å². The number of aromatic nitrogens is 1. The molecule has 0 radical (unpaired) electrons. The molecule has 182 valence electrons. The highest BCUT2D eigenvalue weighted by Crippen LogP contribution is 2.44. The molecule has 0 spiro atoms. The van der Waals surface area contributed by atoms with Crippen molar-refractivity contribution in [2.75, 3.05) is 11.5 Å². The first-order valence-corrected chi connectivity index (χ1v) is 12.4. The van der Waals surface area contributed by atoms with Crippen LogP contribution in [-0.2, 0) is 16.0 Å². The second-order valence-electron chi connectivity index (χ2n) is 8.33. The number of ether oxygens (including phenoxy) is 1. The maximum absolute atomic E-state index is 13.5. The van der Waals surface area contributed by atoms with Crippen molar-refractivity contribution in [2.45, 2.75) is 26.3 Å². The minimum Gasteiger partial charge on any atom is -0.507 e. The lowest BCUT2D eigenvalue weighted by Crippen LogP contribution is -2.29. The number of fused-ring (bicyclic) bond motifs is 1. The smallest absolute Gasteiger partial charge is 0.301 e. The molecule has 0 saturated carbocycles. The third-order valence-corrected chi connectivity index (χ3v) is 7.14. The van der Waals surface area contributed by atoms with E-state index in [0.717, 1.165) is 22.2 Å². The molecule has 1 amide bonds. The summed E-state index contributed by atoms with van der Waals surface area (Å²) in [7, 11) is 0. The number of aliphatic hydroxyl groups excluding tert-OH is 1. The quantitative estimate of drug-likeness (QED) is 0.198. The number of hydrogen-bond acceptors (Lipinski definition) is 6. The van der Waals surface area contributed by atoms with E-state index in [1.54, 1.807) is 24.3 Å². The Hall–Kier alpha value is -4.04. The van der Waals surface area contributed by atoms with E-state index in [0.29, 0.717) is 23.1 Å². The Morgan fingerprint density at radius 2 is 1.78 bits per heavy atom. The van der Waals surface area contributed by atoms with Crippen LogP contribution >= 0.6 is 11.3 Å². The number of aryl methyl sites for hydroxylation is 1. The average molecular weight is 503 g/mol. The van der Waals surface area contributed by atoms with Crippen LogP contribution in [0.2, 0.25) is 0 Å². The van der Waals surface area contributed by atoms with Crippen LogP contribution in [0.5, 0.6) is 5.75 Å². The van der Waals surface area contributed by atoms with E-state index in [1.165, 1.54) is 40.5 Å². The summed E-state index contributed by atoms with van der Waals surface area (Å²) in [4.78, 5) is 32.7. The maximum atomic E-state index is 13.5. The van der Waals surface area contributed by atoms with Crippen LogP contribution in [0.4, 0.5) is 9.52 Å². The number of carbonyl (C=O) groups excluding carboxylic acids is 2. The minimum absolute atomic E-state index is 0.0794. The number of Topliss-reactive ketones (excluding diaryl/α,β-unsaturated/α-hetero) is 1. The van der Waals surface area contributed by atoms with Crippen LogP contribution in [0.3, 0.4) is 0 Å². The summed E-state index contributed by atoms with van der Waals surface area (Å²) in [5.41, 5.74) is 2.62. The predicted octanol–water partition coefficient (Wildman–Crippen LogP) is 6.02. The van der Waals surface area contributed by atoms with Crippen molar-refractivity contribution in [3.63, 3.8) is 0 Å². The lowest BCUT2D eigenvalue weighted by Gasteiger charge is -2.23. The van der Waals surface area contributed by atoms with Crippen molar-refractivity contribution >= 4 is 44.1 Å². The second-order valence-corrected chi connectivity index (χ2v) is 9.34. The molecule has 8 heteroatoms. The number of halogens is 1. The fraction of sp³-hybridized carbons (Fsp3) is 0.179. The molecule has 2 heterocycles. The Morgan fingerprint density at radius 1 is 1.06 bits per heavy atom. The number of ketones is 1. The van der Waals surface area contributed by atoms with Gasteiger partial charge in [0.25, 0.3) is 5.78 Å². The fourth-order valence-electron chi connectivity index (χ4n) is 4.30. The fourth-order valence-corrected chi connectivity index (χ4v) is 5.36. The second kappa shape index (κ2) is 9.54. The summed E-state index contributed by atoms with van der Waals surface area (Å²) in [6.07, 6.45) is 0.859. The van der Waals surface area contributed by atoms with Crippen molar-refractivity contribution < 1.29 is 23.8 Å². The third-order valence-electron chi connectivity index (χ3n) is 6.12. The summed E-state index contributed by atoms with van der Waals surface area (Å²) in [6.45, 7) is 4.43. The normalized spacial score (nSPS) is 17.2. The van der Waals surface area contributed by atoms with Crippen molar-refractivity contribution in [1.29, 1.82) is 0 Å². The molecule has 1 aromatic heterocycles. The van der Waals surface area contributed by atoms with Gasteiger partial charge in [0.1, 0.15) is 17.3 Å². The van der Waals surface area contributed by atoms with Gasteiger partial charge in [0.2, 0.25) is 0 Å². The van der Waals surface area contributed by atoms with Crippen molar-refractivity contribution in [2.24, 2.45) is 0 Å². The number of thiazole rings is 1. The Kier molecular flexibility index (Phi) is 6.28. The zero-order valence-corrected chi connectivity index (χ0v) is 20.5. The van der Waals surface area contributed by atoms with E-state index in [-0.39, 0.29) is 16.9 Å².